The molecule has 0 bridgehead atoms. The summed E-state index contributed by atoms with van der Waals surface area (Å²) in [6.07, 6.45) is 0. The number of benzene rings is 2. The number of halogens is 1. The predicted octanol–water partition coefficient (Wildman–Crippen LogP) is 3.83. The summed E-state index contributed by atoms with van der Waals surface area (Å²) in [5.41, 5.74) is 0.433. The van der Waals surface area contributed by atoms with Crippen molar-refractivity contribution in [2.75, 3.05) is 7.11 Å². The van der Waals surface area contributed by atoms with Crippen molar-refractivity contribution in [3.8, 4) is 22.8 Å². The zero-order valence-corrected chi connectivity index (χ0v) is 11.8. The van der Waals surface area contributed by atoms with Crippen molar-refractivity contribution in [1.29, 1.82) is 0 Å². The van der Waals surface area contributed by atoms with Crippen molar-refractivity contribution in [3.63, 3.8) is 0 Å². The summed E-state index contributed by atoms with van der Waals surface area (Å²) in [7, 11) is 1.51. The number of fused-ring (bicyclic) bond motifs is 1. The highest BCUT2D eigenvalue weighted by molar-refractivity contribution is 6.32. The molecule has 21 heavy (non-hydrogen) atoms. The molecule has 0 unspecified atom stereocenters. The minimum Gasteiger partial charge on any atom is -0.502 e. The van der Waals surface area contributed by atoms with Gasteiger partial charge in [-0.2, -0.15) is 0 Å². The molecule has 0 aliphatic carbocycles. The van der Waals surface area contributed by atoms with E-state index in [1.165, 1.54) is 7.11 Å². The van der Waals surface area contributed by atoms with Crippen molar-refractivity contribution in [3.05, 3.63) is 57.7 Å². The van der Waals surface area contributed by atoms with Crippen LogP contribution in [0.1, 0.15) is 0 Å². The molecule has 0 atom stereocenters. The normalized spacial score (nSPS) is 10.8. The molecule has 1 heterocycles. The van der Waals surface area contributed by atoms with E-state index in [0.29, 0.717) is 27.3 Å². The molecule has 0 aliphatic rings. The van der Waals surface area contributed by atoms with E-state index in [0.717, 1.165) is 0 Å². The van der Waals surface area contributed by atoms with E-state index >= 15 is 0 Å². The average molecular weight is 303 g/mol. The summed E-state index contributed by atoms with van der Waals surface area (Å²) in [5.74, 6) is 0.154. The van der Waals surface area contributed by atoms with Gasteiger partial charge in [0.1, 0.15) is 11.3 Å². The van der Waals surface area contributed by atoms with E-state index in [1.54, 1.807) is 42.5 Å². The Morgan fingerprint density at radius 3 is 2.67 bits per heavy atom. The number of rotatable bonds is 2. The average Bonchev–Trinajstić information content (AvgIpc) is 2.51. The molecule has 0 aliphatic heterocycles. The molecule has 4 nitrogen and oxygen atoms in total. The summed E-state index contributed by atoms with van der Waals surface area (Å²) in [6.45, 7) is 0. The summed E-state index contributed by atoms with van der Waals surface area (Å²) < 4.78 is 10.7. The number of aromatic hydroxyl groups is 1. The highest BCUT2D eigenvalue weighted by Gasteiger charge is 2.16. The third-order valence-electron chi connectivity index (χ3n) is 3.19. The first-order valence-corrected chi connectivity index (χ1v) is 6.58. The fourth-order valence-corrected chi connectivity index (χ4v) is 2.39. The van der Waals surface area contributed by atoms with Gasteiger partial charge in [0, 0.05) is 5.56 Å². The molecule has 1 N–H and O–H groups in total. The minimum atomic E-state index is -0.473. The van der Waals surface area contributed by atoms with E-state index in [-0.39, 0.29) is 5.76 Å². The lowest BCUT2D eigenvalue weighted by Gasteiger charge is -2.08. The Labute approximate surface area is 125 Å². The van der Waals surface area contributed by atoms with Gasteiger partial charge in [-0.25, -0.2) is 0 Å². The summed E-state index contributed by atoms with van der Waals surface area (Å²) >= 11 is 6.06. The van der Waals surface area contributed by atoms with E-state index in [9.17, 15) is 9.90 Å². The molecular formula is C16H11ClO4. The quantitative estimate of drug-likeness (QED) is 0.781. The fourth-order valence-electron chi connectivity index (χ4n) is 2.14. The van der Waals surface area contributed by atoms with Crippen molar-refractivity contribution in [2.45, 2.75) is 0 Å². The summed E-state index contributed by atoms with van der Waals surface area (Å²) in [4.78, 5) is 12.2. The number of hydrogen-bond acceptors (Lipinski definition) is 4. The van der Waals surface area contributed by atoms with Crippen LogP contribution in [-0.2, 0) is 0 Å². The highest BCUT2D eigenvalue weighted by atomic mass is 35.5. The first-order valence-electron chi connectivity index (χ1n) is 6.20. The largest absolute Gasteiger partial charge is 0.502 e. The zero-order valence-electron chi connectivity index (χ0n) is 11.1. The van der Waals surface area contributed by atoms with Crippen LogP contribution in [0.15, 0.2) is 51.7 Å². The Bertz CT molecular complexity index is 883. The van der Waals surface area contributed by atoms with Crippen LogP contribution in [0.4, 0.5) is 0 Å². The van der Waals surface area contributed by atoms with Crippen molar-refractivity contribution < 1.29 is 14.3 Å². The van der Waals surface area contributed by atoms with Crippen LogP contribution in [0.25, 0.3) is 22.3 Å². The van der Waals surface area contributed by atoms with Gasteiger partial charge in [0.2, 0.25) is 11.2 Å². The Hall–Kier alpha value is -2.46. The Kier molecular flexibility index (Phi) is 3.31. The van der Waals surface area contributed by atoms with Gasteiger partial charge in [0.05, 0.1) is 17.5 Å². The van der Waals surface area contributed by atoms with Crippen LogP contribution in [-0.4, -0.2) is 12.2 Å². The van der Waals surface area contributed by atoms with Gasteiger partial charge >= 0.3 is 0 Å². The first kappa shape index (κ1) is 13.5. The van der Waals surface area contributed by atoms with Crippen LogP contribution >= 0.6 is 11.6 Å². The Balaban J connectivity index is 2.28. The third-order valence-corrected chi connectivity index (χ3v) is 3.48. The first-order chi connectivity index (χ1) is 10.1. The summed E-state index contributed by atoms with van der Waals surface area (Å²) in [6, 6.07) is 11.6. The van der Waals surface area contributed by atoms with Gasteiger partial charge in [-0.3, -0.25) is 4.79 Å². The van der Waals surface area contributed by atoms with E-state index in [4.69, 9.17) is 20.8 Å². The second-order valence-corrected chi connectivity index (χ2v) is 4.86. The molecule has 0 saturated carbocycles. The molecule has 1 aromatic heterocycles. The van der Waals surface area contributed by atoms with E-state index in [2.05, 4.69) is 0 Å². The van der Waals surface area contributed by atoms with Gasteiger partial charge in [0.15, 0.2) is 5.76 Å². The topological polar surface area (TPSA) is 59.7 Å². The Morgan fingerprint density at radius 2 is 1.95 bits per heavy atom. The van der Waals surface area contributed by atoms with Gasteiger partial charge in [-0.15, -0.1) is 0 Å². The standard InChI is InChI=1S/C16H11ClO4/c1-20-13-7-6-9(8-11(13)17)16-15(19)14(18)10-4-2-3-5-12(10)21-16/h2-8,19H,1H3. The molecule has 0 fully saturated rings. The SMILES string of the molecule is COc1ccc(-c2oc3ccccc3c(=O)c2O)cc1Cl. The fraction of sp³-hybridized carbons (Fsp3) is 0.0625. The van der Waals surface area contributed by atoms with Crippen molar-refractivity contribution in [2.24, 2.45) is 0 Å². The number of hydrogen-bond donors (Lipinski definition) is 1. The Morgan fingerprint density at radius 1 is 1.19 bits per heavy atom. The molecule has 3 aromatic rings. The lowest BCUT2D eigenvalue weighted by molar-refractivity contribution is 0.415. The second kappa shape index (κ2) is 5.14. The van der Waals surface area contributed by atoms with Crippen LogP contribution in [0, 0.1) is 0 Å². The molecule has 0 amide bonds. The van der Waals surface area contributed by atoms with Gasteiger partial charge in [-0.1, -0.05) is 23.7 Å². The molecular weight excluding hydrogens is 292 g/mol. The van der Waals surface area contributed by atoms with Crippen molar-refractivity contribution >= 4 is 22.6 Å². The molecule has 106 valence electrons. The van der Waals surface area contributed by atoms with E-state index < -0.39 is 11.2 Å². The summed E-state index contributed by atoms with van der Waals surface area (Å²) in [5, 5.41) is 10.8. The maximum atomic E-state index is 12.2. The predicted molar refractivity (Wildman–Crippen MR) is 81.1 cm³/mol. The zero-order chi connectivity index (χ0) is 15.0. The number of methoxy groups -OCH3 is 1. The van der Waals surface area contributed by atoms with Gasteiger partial charge in [-0.05, 0) is 30.3 Å². The lowest BCUT2D eigenvalue weighted by Crippen LogP contribution is -2.02. The van der Waals surface area contributed by atoms with Crippen LogP contribution in [0.5, 0.6) is 11.5 Å². The van der Waals surface area contributed by atoms with Gasteiger partial charge < -0.3 is 14.3 Å². The third kappa shape index (κ3) is 2.23. The van der Waals surface area contributed by atoms with E-state index in [1.807, 2.05) is 0 Å². The number of ether oxygens (including phenoxy) is 1. The highest BCUT2D eigenvalue weighted by Crippen LogP contribution is 2.34. The number of para-hydroxylation sites is 1. The lowest BCUT2D eigenvalue weighted by atomic mass is 10.1. The van der Waals surface area contributed by atoms with Crippen LogP contribution in [0.3, 0.4) is 0 Å². The molecule has 0 saturated heterocycles. The molecule has 5 heteroatoms. The molecule has 0 radical (unpaired) electrons. The van der Waals surface area contributed by atoms with Crippen LogP contribution in [0.2, 0.25) is 5.02 Å². The molecule has 3 rings (SSSR count). The van der Waals surface area contributed by atoms with Gasteiger partial charge in [0.25, 0.3) is 0 Å². The maximum Gasteiger partial charge on any atom is 0.235 e. The van der Waals surface area contributed by atoms with Crippen molar-refractivity contribution in [1.82, 2.24) is 0 Å². The smallest absolute Gasteiger partial charge is 0.235 e. The molecule has 2 aromatic carbocycles. The monoisotopic (exact) mass is 302 g/mol. The molecule has 0 spiro atoms. The van der Waals surface area contributed by atoms with Crippen LogP contribution < -0.4 is 10.2 Å². The second-order valence-electron chi connectivity index (χ2n) is 4.45. The maximum absolute atomic E-state index is 12.2. The minimum absolute atomic E-state index is 0.0863.